The molecule has 0 aromatic carbocycles. The zero-order valence-electron chi connectivity index (χ0n) is 7.10. The third-order valence-corrected chi connectivity index (χ3v) is 1.57. The smallest absolute Gasteiger partial charge is 0.448 e. The van der Waals surface area contributed by atoms with E-state index in [0.717, 1.165) is 0 Å². The number of morpholine rings is 1. The molecule has 0 aliphatic carbocycles. The molecule has 1 saturated heterocycles. The van der Waals surface area contributed by atoms with Crippen LogP contribution in [0.1, 0.15) is 0 Å². The first kappa shape index (κ1) is 13.4. The Morgan fingerprint density at radius 1 is 1.17 bits per heavy atom. The average molecular weight is 207 g/mol. The minimum Gasteiger partial charge on any atom is -0.448 e. The van der Waals surface area contributed by atoms with Crippen LogP contribution in [-0.2, 0) is 4.74 Å². The first-order valence-corrected chi connectivity index (χ1v) is 3.59. The molecule has 0 bridgehead atoms. The third-order valence-electron chi connectivity index (χ3n) is 1.57. The first-order valence-electron chi connectivity index (χ1n) is 3.59. The van der Waals surface area contributed by atoms with Crippen molar-refractivity contribution in [1.29, 1.82) is 0 Å². The van der Waals surface area contributed by atoms with Crippen LogP contribution in [0.15, 0.2) is 0 Å². The zero-order valence-corrected chi connectivity index (χ0v) is 10.2. The van der Waals surface area contributed by atoms with Crippen molar-refractivity contribution in [1.82, 2.24) is 4.90 Å². The van der Waals surface area contributed by atoms with Gasteiger partial charge in [-0.05, 0) is 6.44 Å². The molecule has 7 heteroatoms. The van der Waals surface area contributed by atoms with Crippen LogP contribution in [0, 0.1) is 0 Å². The van der Waals surface area contributed by atoms with Gasteiger partial charge in [0.1, 0.15) is 0 Å². The molecule has 12 heavy (non-hydrogen) atoms. The van der Waals surface area contributed by atoms with Crippen LogP contribution in [0.25, 0.3) is 0 Å². The van der Waals surface area contributed by atoms with E-state index in [4.69, 9.17) is 4.74 Å². The van der Waals surface area contributed by atoms with Gasteiger partial charge < -0.3 is 22.6 Å². The number of rotatable bonds is 2. The van der Waals surface area contributed by atoms with Crippen molar-refractivity contribution in [2.75, 3.05) is 32.7 Å². The molecule has 0 radical (unpaired) electrons. The Bertz CT molecular complexity index is 128. The first-order chi connectivity index (χ1) is 5.08. The summed E-state index contributed by atoms with van der Waals surface area (Å²) in [4.78, 5) is 1.38. The molecule has 1 fully saturated rings. The van der Waals surface area contributed by atoms with Crippen molar-refractivity contribution >= 4 is 6.98 Å². The monoisotopic (exact) mass is 207 g/mol. The fourth-order valence-corrected chi connectivity index (χ4v) is 1.08. The number of hydrogen-bond donors (Lipinski definition) is 0. The fraction of sp³-hybridized carbons (Fsp3) is 1.00. The van der Waals surface area contributed by atoms with Crippen molar-refractivity contribution in [3.8, 4) is 0 Å². The van der Waals surface area contributed by atoms with Gasteiger partial charge in [-0.3, -0.25) is 0 Å². The molecule has 1 aliphatic rings. The van der Waals surface area contributed by atoms with Crippen molar-refractivity contribution in [3.63, 3.8) is 0 Å². The van der Waals surface area contributed by atoms with E-state index in [9.17, 15) is 12.9 Å². The maximum atomic E-state index is 11.8. The van der Waals surface area contributed by atoms with Gasteiger partial charge in [-0.1, -0.05) is 0 Å². The fourth-order valence-electron chi connectivity index (χ4n) is 1.08. The quantitative estimate of drug-likeness (QED) is 0.472. The minimum atomic E-state index is -4.66. The van der Waals surface area contributed by atoms with E-state index in [2.05, 4.69) is 0 Å². The van der Waals surface area contributed by atoms with Gasteiger partial charge in [0.15, 0.2) is 0 Å². The second-order valence-corrected chi connectivity index (χ2v) is 2.62. The zero-order chi connectivity index (χ0) is 8.32. The summed E-state index contributed by atoms with van der Waals surface area (Å²) >= 11 is 0. The van der Waals surface area contributed by atoms with Crippen LogP contribution in [-0.4, -0.2) is 44.6 Å². The number of nitrogens with zero attached hydrogens (tertiary/aromatic N) is 1. The maximum Gasteiger partial charge on any atom is 1.00 e. The van der Waals surface area contributed by atoms with Crippen LogP contribution in [0.2, 0.25) is 0 Å². The molecular formula is C5H10BF3KNO. The van der Waals surface area contributed by atoms with Crippen molar-refractivity contribution in [2.24, 2.45) is 0 Å². The Kier molecular flexibility index (Phi) is 6.71. The standard InChI is InChI=1S/C5H10BF3NO.K/c7-6(8,9)5-10-1-3-11-4-2-10;/h1-5H2;/q-1;+1. The largest absolute Gasteiger partial charge is 1.00 e. The minimum absolute atomic E-state index is 0. The van der Waals surface area contributed by atoms with Crippen LogP contribution >= 0.6 is 0 Å². The third kappa shape index (κ3) is 5.96. The molecule has 1 aliphatic heterocycles. The summed E-state index contributed by atoms with van der Waals surface area (Å²) < 4.78 is 40.4. The van der Waals surface area contributed by atoms with Crippen LogP contribution in [0.4, 0.5) is 12.9 Å². The summed E-state index contributed by atoms with van der Waals surface area (Å²) in [5.41, 5.74) is 0. The van der Waals surface area contributed by atoms with Gasteiger partial charge in [0.25, 0.3) is 0 Å². The SMILES string of the molecule is F[B-](F)(F)CN1CCOCC1.[K+]. The van der Waals surface area contributed by atoms with E-state index in [1.165, 1.54) is 4.90 Å². The number of ether oxygens (including phenoxy) is 1. The molecule has 2 nitrogen and oxygen atoms in total. The average Bonchev–Trinajstić information content (AvgIpc) is 1.85. The number of hydrogen-bond acceptors (Lipinski definition) is 2. The number of halogens is 3. The Morgan fingerprint density at radius 2 is 1.67 bits per heavy atom. The Labute approximate surface area is 112 Å². The Morgan fingerprint density at radius 3 is 2.08 bits per heavy atom. The molecule has 66 valence electrons. The van der Waals surface area contributed by atoms with Gasteiger partial charge in [-0.2, -0.15) is 0 Å². The normalized spacial score (nSPS) is 20.2. The summed E-state index contributed by atoms with van der Waals surface area (Å²) in [5.74, 6) is 0. The molecule has 1 rings (SSSR count). The van der Waals surface area contributed by atoms with Gasteiger partial charge >= 0.3 is 58.4 Å². The molecule has 0 amide bonds. The van der Waals surface area contributed by atoms with Crippen LogP contribution in [0.3, 0.4) is 0 Å². The van der Waals surface area contributed by atoms with Crippen LogP contribution < -0.4 is 51.4 Å². The second-order valence-electron chi connectivity index (χ2n) is 2.62. The predicted octanol–water partition coefficient (Wildman–Crippen LogP) is -2.29. The Hall–Kier alpha value is 1.41. The molecule has 0 unspecified atom stereocenters. The molecular weight excluding hydrogens is 197 g/mol. The summed E-state index contributed by atoms with van der Waals surface area (Å²) in [6.07, 6.45) is -0.747. The molecule has 0 aromatic rings. The predicted molar refractivity (Wildman–Crippen MR) is 36.3 cm³/mol. The van der Waals surface area contributed by atoms with Gasteiger partial charge in [-0.25, -0.2) is 0 Å². The summed E-state index contributed by atoms with van der Waals surface area (Å²) in [5, 5.41) is 0. The van der Waals surface area contributed by atoms with Gasteiger partial charge in [0.05, 0.1) is 13.2 Å². The van der Waals surface area contributed by atoms with E-state index in [-0.39, 0.29) is 51.4 Å². The molecule has 0 spiro atoms. The van der Waals surface area contributed by atoms with Crippen molar-refractivity contribution < 1.29 is 69.1 Å². The van der Waals surface area contributed by atoms with Crippen molar-refractivity contribution in [2.45, 2.75) is 0 Å². The van der Waals surface area contributed by atoms with Gasteiger partial charge in [0, 0.05) is 13.1 Å². The Balaban J connectivity index is 0.00000121. The maximum absolute atomic E-state index is 11.8. The van der Waals surface area contributed by atoms with E-state index < -0.39 is 13.4 Å². The summed E-state index contributed by atoms with van der Waals surface area (Å²) in [7, 11) is 0. The van der Waals surface area contributed by atoms with Gasteiger partial charge in [-0.15, -0.1) is 0 Å². The molecule has 0 saturated carbocycles. The van der Waals surface area contributed by atoms with Crippen molar-refractivity contribution in [3.05, 3.63) is 0 Å². The molecule has 0 N–H and O–H groups in total. The summed E-state index contributed by atoms with van der Waals surface area (Å²) in [6.45, 7) is -3.00. The van der Waals surface area contributed by atoms with E-state index in [1.54, 1.807) is 0 Å². The van der Waals surface area contributed by atoms with E-state index in [0.29, 0.717) is 26.3 Å². The molecule has 0 aromatic heterocycles. The van der Waals surface area contributed by atoms with E-state index >= 15 is 0 Å². The molecule has 0 atom stereocenters. The van der Waals surface area contributed by atoms with Crippen LogP contribution in [0.5, 0.6) is 0 Å². The topological polar surface area (TPSA) is 12.5 Å². The van der Waals surface area contributed by atoms with E-state index in [1.807, 2.05) is 0 Å². The second kappa shape index (κ2) is 6.00. The summed E-state index contributed by atoms with van der Waals surface area (Å²) in [6, 6.07) is 0. The van der Waals surface area contributed by atoms with Gasteiger partial charge in [0.2, 0.25) is 0 Å². The molecule has 1 heterocycles.